The highest BCUT2D eigenvalue weighted by atomic mass is 19.1. The standard InChI is InChI=1S/C25H25F2NO.C2H2O4/c1-28(2)15-5-14-25(19-10-12-20(26)13-11-19)24-9-4-8-22(23(24)17-29-25)18-6-3-7-21(27)16-18;3-1(4)2(5)6/h3-4,6-13,16H,5,14-15,17H2,1-2H3;(H,3,4)(H,5,6). The number of carbonyl (C=O) groups is 2. The normalized spacial score (nSPS) is 16.4. The molecule has 1 unspecified atom stereocenters. The van der Waals surface area contributed by atoms with Gasteiger partial charge in [-0.2, -0.15) is 0 Å². The van der Waals surface area contributed by atoms with E-state index < -0.39 is 17.5 Å². The van der Waals surface area contributed by atoms with E-state index in [-0.39, 0.29) is 11.6 Å². The Labute approximate surface area is 202 Å². The molecule has 0 fully saturated rings. The van der Waals surface area contributed by atoms with Crippen molar-refractivity contribution in [1.29, 1.82) is 0 Å². The minimum absolute atomic E-state index is 0.255. The van der Waals surface area contributed by atoms with Crippen molar-refractivity contribution in [3.8, 4) is 11.1 Å². The van der Waals surface area contributed by atoms with Crippen LogP contribution >= 0.6 is 0 Å². The number of benzene rings is 3. The molecule has 0 amide bonds. The number of halogens is 2. The summed E-state index contributed by atoms with van der Waals surface area (Å²) < 4.78 is 33.9. The largest absolute Gasteiger partial charge is 0.473 e. The first-order valence-corrected chi connectivity index (χ1v) is 11.0. The summed E-state index contributed by atoms with van der Waals surface area (Å²) in [5.41, 5.74) is 4.32. The molecule has 8 heteroatoms. The van der Waals surface area contributed by atoms with Crippen LogP contribution in [0.15, 0.2) is 66.7 Å². The lowest BCUT2D eigenvalue weighted by Gasteiger charge is -2.31. The van der Waals surface area contributed by atoms with Crippen molar-refractivity contribution in [2.24, 2.45) is 0 Å². The molecule has 0 bridgehead atoms. The van der Waals surface area contributed by atoms with E-state index in [0.29, 0.717) is 6.61 Å². The Morgan fingerprint density at radius 1 is 0.943 bits per heavy atom. The molecule has 2 N–H and O–H groups in total. The van der Waals surface area contributed by atoms with E-state index in [9.17, 15) is 8.78 Å². The van der Waals surface area contributed by atoms with E-state index in [2.05, 4.69) is 25.1 Å². The summed E-state index contributed by atoms with van der Waals surface area (Å²) in [4.78, 5) is 20.3. The molecule has 0 aromatic heterocycles. The van der Waals surface area contributed by atoms with Crippen molar-refractivity contribution in [2.45, 2.75) is 25.0 Å². The molecule has 0 spiro atoms. The lowest BCUT2D eigenvalue weighted by atomic mass is 9.80. The van der Waals surface area contributed by atoms with Gasteiger partial charge in [0, 0.05) is 0 Å². The molecule has 4 rings (SSSR count). The zero-order valence-corrected chi connectivity index (χ0v) is 19.5. The third-order valence-electron chi connectivity index (χ3n) is 5.84. The van der Waals surface area contributed by atoms with Crippen LogP contribution in [-0.2, 0) is 26.5 Å². The second kappa shape index (κ2) is 11.2. The molecule has 1 heterocycles. The van der Waals surface area contributed by atoms with E-state index in [1.165, 1.54) is 18.2 Å². The Hall–Kier alpha value is -3.62. The van der Waals surface area contributed by atoms with E-state index in [1.54, 1.807) is 12.1 Å². The number of carboxylic acid groups (broad SMARTS) is 2. The fourth-order valence-corrected chi connectivity index (χ4v) is 4.27. The van der Waals surface area contributed by atoms with E-state index in [1.807, 2.05) is 30.3 Å². The molecule has 0 saturated heterocycles. The smallest absolute Gasteiger partial charge is 0.414 e. The minimum atomic E-state index is -1.82. The highest BCUT2D eigenvalue weighted by Gasteiger charge is 2.42. The first-order valence-electron chi connectivity index (χ1n) is 11.0. The number of fused-ring (bicyclic) bond motifs is 1. The minimum Gasteiger partial charge on any atom is -0.473 e. The highest BCUT2D eigenvalue weighted by molar-refractivity contribution is 6.27. The van der Waals surface area contributed by atoms with Gasteiger partial charge in [-0.05, 0) is 85.6 Å². The van der Waals surface area contributed by atoms with Gasteiger partial charge in [-0.25, -0.2) is 18.4 Å². The maximum Gasteiger partial charge on any atom is 0.414 e. The Morgan fingerprint density at radius 3 is 2.20 bits per heavy atom. The van der Waals surface area contributed by atoms with E-state index in [0.717, 1.165) is 47.2 Å². The predicted molar refractivity (Wildman–Crippen MR) is 127 cm³/mol. The fraction of sp³-hybridized carbons (Fsp3) is 0.259. The topological polar surface area (TPSA) is 87.1 Å². The molecule has 0 saturated carbocycles. The van der Waals surface area contributed by atoms with Crippen LogP contribution in [0.2, 0.25) is 0 Å². The zero-order chi connectivity index (χ0) is 25.6. The van der Waals surface area contributed by atoms with Crippen LogP contribution in [0, 0.1) is 11.6 Å². The average molecular weight is 484 g/mol. The summed E-state index contributed by atoms with van der Waals surface area (Å²) >= 11 is 0. The third-order valence-corrected chi connectivity index (χ3v) is 5.84. The summed E-state index contributed by atoms with van der Waals surface area (Å²) in [7, 11) is 4.10. The number of rotatable bonds is 6. The van der Waals surface area contributed by atoms with Gasteiger partial charge in [0.1, 0.15) is 17.2 Å². The van der Waals surface area contributed by atoms with Gasteiger partial charge in [0.05, 0.1) is 6.61 Å². The Kier molecular flexibility index (Phi) is 8.32. The molecule has 35 heavy (non-hydrogen) atoms. The van der Waals surface area contributed by atoms with Crippen LogP contribution in [-0.4, -0.2) is 47.7 Å². The molecule has 6 nitrogen and oxygen atoms in total. The van der Waals surface area contributed by atoms with Crippen molar-refractivity contribution in [3.63, 3.8) is 0 Å². The average Bonchev–Trinajstić information content (AvgIpc) is 3.19. The molecule has 0 aliphatic carbocycles. The summed E-state index contributed by atoms with van der Waals surface area (Å²) in [6.07, 6.45) is 1.73. The lowest BCUT2D eigenvalue weighted by Crippen LogP contribution is -2.28. The number of hydrogen-bond donors (Lipinski definition) is 2. The van der Waals surface area contributed by atoms with Crippen LogP contribution in [0.25, 0.3) is 11.1 Å². The number of carboxylic acids is 2. The van der Waals surface area contributed by atoms with Gasteiger partial charge in [-0.3, -0.25) is 0 Å². The Balaban J connectivity index is 0.000000509. The monoisotopic (exact) mass is 483 g/mol. The lowest BCUT2D eigenvalue weighted by molar-refractivity contribution is -0.159. The van der Waals surface area contributed by atoms with Crippen LogP contribution in [0.4, 0.5) is 8.78 Å². The summed E-state index contributed by atoms with van der Waals surface area (Å²) in [5.74, 6) is -4.16. The molecular weight excluding hydrogens is 456 g/mol. The molecule has 0 radical (unpaired) electrons. The zero-order valence-electron chi connectivity index (χ0n) is 19.5. The molecular formula is C27H27F2NO5. The molecule has 1 aliphatic rings. The fourth-order valence-electron chi connectivity index (χ4n) is 4.27. The predicted octanol–water partition coefficient (Wildman–Crippen LogP) is 4.90. The van der Waals surface area contributed by atoms with Crippen molar-refractivity contribution >= 4 is 11.9 Å². The van der Waals surface area contributed by atoms with Gasteiger partial charge in [-0.1, -0.05) is 42.5 Å². The number of ether oxygens (including phenoxy) is 1. The Morgan fingerprint density at radius 2 is 1.60 bits per heavy atom. The van der Waals surface area contributed by atoms with Crippen molar-refractivity contribution < 1.29 is 33.3 Å². The molecule has 1 atom stereocenters. The highest BCUT2D eigenvalue weighted by Crippen LogP contribution is 2.48. The number of aliphatic carboxylic acids is 2. The maximum atomic E-state index is 13.8. The van der Waals surface area contributed by atoms with Crippen LogP contribution in [0.5, 0.6) is 0 Å². The quantitative estimate of drug-likeness (QED) is 0.485. The van der Waals surface area contributed by atoms with Gasteiger partial charge >= 0.3 is 11.9 Å². The summed E-state index contributed by atoms with van der Waals surface area (Å²) in [6.45, 7) is 1.38. The summed E-state index contributed by atoms with van der Waals surface area (Å²) in [5, 5.41) is 14.8. The SMILES string of the molecule is CN(C)CCCC1(c2ccc(F)cc2)OCc2c(-c3cccc(F)c3)cccc21.O=C(O)C(=O)O. The number of nitrogens with zero attached hydrogens (tertiary/aromatic N) is 1. The maximum absolute atomic E-state index is 13.8. The molecule has 1 aliphatic heterocycles. The van der Waals surface area contributed by atoms with Gasteiger partial charge in [0.15, 0.2) is 0 Å². The Bertz CT molecular complexity index is 1180. The van der Waals surface area contributed by atoms with Crippen molar-refractivity contribution in [3.05, 3.63) is 95.1 Å². The van der Waals surface area contributed by atoms with Gasteiger partial charge in [0.25, 0.3) is 0 Å². The summed E-state index contributed by atoms with van der Waals surface area (Å²) in [6, 6.07) is 19.4. The van der Waals surface area contributed by atoms with Gasteiger partial charge in [0.2, 0.25) is 0 Å². The van der Waals surface area contributed by atoms with Gasteiger partial charge in [-0.15, -0.1) is 0 Å². The van der Waals surface area contributed by atoms with E-state index in [4.69, 9.17) is 24.5 Å². The third kappa shape index (κ3) is 6.09. The second-order valence-corrected chi connectivity index (χ2v) is 8.48. The van der Waals surface area contributed by atoms with Crippen LogP contribution in [0.3, 0.4) is 0 Å². The van der Waals surface area contributed by atoms with Crippen molar-refractivity contribution in [2.75, 3.05) is 20.6 Å². The molecule has 3 aromatic carbocycles. The second-order valence-electron chi connectivity index (χ2n) is 8.48. The van der Waals surface area contributed by atoms with Gasteiger partial charge < -0.3 is 19.8 Å². The van der Waals surface area contributed by atoms with Crippen LogP contribution in [0.1, 0.15) is 29.5 Å². The molecule has 184 valence electrons. The first kappa shape index (κ1) is 26.0. The molecule has 3 aromatic rings. The first-order chi connectivity index (χ1) is 16.6. The number of hydrogen-bond acceptors (Lipinski definition) is 4. The van der Waals surface area contributed by atoms with Crippen LogP contribution < -0.4 is 0 Å². The van der Waals surface area contributed by atoms with E-state index >= 15 is 0 Å². The van der Waals surface area contributed by atoms with Crippen molar-refractivity contribution in [1.82, 2.24) is 4.90 Å².